The van der Waals surface area contributed by atoms with E-state index in [2.05, 4.69) is 0 Å². The van der Waals surface area contributed by atoms with Gasteiger partial charge >= 0.3 is 5.97 Å². The van der Waals surface area contributed by atoms with E-state index in [0.29, 0.717) is 12.0 Å². The fraction of sp³-hybridized carbons (Fsp3) is 0.462. The number of ether oxygens (including phenoxy) is 1. The van der Waals surface area contributed by atoms with Crippen molar-refractivity contribution in [1.29, 1.82) is 0 Å². The Morgan fingerprint density at radius 3 is 2.64 bits per heavy atom. The van der Waals surface area contributed by atoms with Crippen LogP contribution in [-0.2, 0) is 26.0 Å². The lowest BCUT2D eigenvalue weighted by molar-refractivity contribution is -0.384. The molecule has 22 heavy (non-hydrogen) atoms. The van der Waals surface area contributed by atoms with Crippen molar-refractivity contribution in [3.8, 4) is 0 Å². The van der Waals surface area contributed by atoms with Gasteiger partial charge in [0.05, 0.1) is 10.7 Å². The van der Waals surface area contributed by atoms with Crippen molar-refractivity contribution < 1.29 is 22.9 Å². The maximum atomic E-state index is 11.8. The number of carbonyl (C=O) groups excluding carboxylic acids is 1. The molecule has 0 saturated carbocycles. The van der Waals surface area contributed by atoms with Crippen LogP contribution >= 0.6 is 11.6 Å². The molecule has 0 aliphatic heterocycles. The smallest absolute Gasteiger partial charge is 0.324 e. The molecule has 1 rings (SSSR count). The number of sulfone groups is 1. The molecule has 0 aliphatic carbocycles. The Morgan fingerprint density at radius 2 is 2.09 bits per heavy atom. The fourth-order valence-corrected chi connectivity index (χ4v) is 3.14. The SMILES string of the molecule is CCCS(=O)(=O)[C@@H](C)C(=O)OCc1ccc(Cl)c([N+](=O)[O-])c1. The largest absolute Gasteiger partial charge is 0.460 e. The summed E-state index contributed by atoms with van der Waals surface area (Å²) in [5.74, 6) is -0.985. The van der Waals surface area contributed by atoms with Gasteiger partial charge in [0, 0.05) is 6.07 Å². The molecule has 0 spiro atoms. The van der Waals surface area contributed by atoms with Crippen LogP contribution in [0.15, 0.2) is 18.2 Å². The quantitative estimate of drug-likeness (QED) is 0.425. The molecule has 0 unspecified atom stereocenters. The Bertz CT molecular complexity index is 673. The Labute approximate surface area is 133 Å². The molecule has 9 heteroatoms. The predicted octanol–water partition coefficient (Wildman–Crippen LogP) is 2.50. The number of hydrogen-bond donors (Lipinski definition) is 0. The lowest BCUT2D eigenvalue weighted by Crippen LogP contribution is -2.30. The summed E-state index contributed by atoms with van der Waals surface area (Å²) in [5.41, 5.74) is 0.0476. The summed E-state index contributed by atoms with van der Waals surface area (Å²) in [5, 5.41) is 9.46. The van der Waals surface area contributed by atoms with E-state index in [1.54, 1.807) is 6.92 Å². The van der Waals surface area contributed by atoms with Gasteiger partial charge in [0.1, 0.15) is 11.6 Å². The fourth-order valence-electron chi connectivity index (χ4n) is 1.67. The number of nitro benzene ring substituents is 1. The van der Waals surface area contributed by atoms with Crippen LogP contribution in [-0.4, -0.2) is 30.3 Å². The molecule has 122 valence electrons. The molecule has 0 heterocycles. The lowest BCUT2D eigenvalue weighted by Gasteiger charge is -2.12. The highest BCUT2D eigenvalue weighted by Gasteiger charge is 2.28. The zero-order valence-corrected chi connectivity index (χ0v) is 13.7. The van der Waals surface area contributed by atoms with E-state index >= 15 is 0 Å². The van der Waals surface area contributed by atoms with Gasteiger partial charge in [-0.1, -0.05) is 24.6 Å². The first-order chi connectivity index (χ1) is 10.2. The van der Waals surface area contributed by atoms with Gasteiger partial charge in [-0.2, -0.15) is 0 Å². The normalized spacial score (nSPS) is 12.7. The molecule has 1 atom stereocenters. The maximum Gasteiger partial charge on any atom is 0.324 e. The Balaban J connectivity index is 2.76. The maximum absolute atomic E-state index is 11.8. The van der Waals surface area contributed by atoms with Gasteiger partial charge in [-0.15, -0.1) is 0 Å². The molecular formula is C13H16ClNO6S. The van der Waals surface area contributed by atoms with Crippen molar-refractivity contribution in [1.82, 2.24) is 0 Å². The highest BCUT2D eigenvalue weighted by atomic mass is 35.5. The molecule has 0 aromatic heterocycles. The second-order valence-corrected chi connectivity index (χ2v) is 7.51. The van der Waals surface area contributed by atoms with Crippen LogP contribution in [0, 0.1) is 10.1 Å². The first-order valence-electron chi connectivity index (χ1n) is 6.50. The van der Waals surface area contributed by atoms with E-state index in [0.717, 1.165) is 0 Å². The van der Waals surface area contributed by atoms with Crippen LogP contribution in [0.1, 0.15) is 25.8 Å². The minimum absolute atomic E-state index is 0.0287. The van der Waals surface area contributed by atoms with E-state index in [-0.39, 0.29) is 23.1 Å². The van der Waals surface area contributed by atoms with Gasteiger partial charge in [0.15, 0.2) is 15.1 Å². The number of hydrogen-bond acceptors (Lipinski definition) is 6. The number of nitrogens with zero attached hydrogens (tertiary/aromatic N) is 1. The molecule has 0 saturated heterocycles. The van der Waals surface area contributed by atoms with Crippen LogP contribution in [0.5, 0.6) is 0 Å². The molecule has 0 bridgehead atoms. The average Bonchev–Trinajstić information content (AvgIpc) is 2.44. The first kappa shape index (κ1) is 18.4. The minimum Gasteiger partial charge on any atom is -0.460 e. The van der Waals surface area contributed by atoms with E-state index in [1.807, 2.05) is 0 Å². The zero-order valence-electron chi connectivity index (χ0n) is 12.1. The molecule has 0 N–H and O–H groups in total. The molecule has 0 amide bonds. The summed E-state index contributed by atoms with van der Waals surface area (Å²) >= 11 is 5.67. The summed E-state index contributed by atoms with van der Waals surface area (Å²) in [6.45, 7) is 2.70. The Hall–Kier alpha value is -1.67. The molecular weight excluding hydrogens is 334 g/mol. The standard InChI is InChI=1S/C13H16ClNO6S/c1-3-6-22(19,20)9(2)13(16)21-8-10-4-5-11(14)12(7-10)15(17)18/h4-5,7,9H,3,6,8H2,1-2H3/t9-/m0/s1. The van der Waals surface area contributed by atoms with Gasteiger partial charge in [-0.25, -0.2) is 8.42 Å². The number of esters is 1. The van der Waals surface area contributed by atoms with Gasteiger partial charge in [0.2, 0.25) is 0 Å². The topological polar surface area (TPSA) is 104 Å². The zero-order chi connectivity index (χ0) is 16.9. The van der Waals surface area contributed by atoms with Crippen molar-refractivity contribution in [2.75, 3.05) is 5.75 Å². The summed E-state index contributed by atoms with van der Waals surface area (Å²) in [6.07, 6.45) is 0.406. The molecule has 1 aromatic carbocycles. The number of nitro groups is 1. The highest BCUT2D eigenvalue weighted by Crippen LogP contribution is 2.25. The van der Waals surface area contributed by atoms with Crippen LogP contribution in [0.25, 0.3) is 0 Å². The van der Waals surface area contributed by atoms with E-state index in [4.69, 9.17) is 16.3 Å². The summed E-state index contributed by atoms with van der Waals surface area (Å²) in [4.78, 5) is 21.9. The third-order valence-electron chi connectivity index (χ3n) is 2.95. The van der Waals surface area contributed by atoms with Gasteiger partial charge in [0.25, 0.3) is 5.69 Å². The first-order valence-corrected chi connectivity index (χ1v) is 8.59. The second kappa shape index (κ2) is 7.55. The van der Waals surface area contributed by atoms with Crippen molar-refractivity contribution in [3.63, 3.8) is 0 Å². The number of carbonyl (C=O) groups is 1. The van der Waals surface area contributed by atoms with Crippen molar-refractivity contribution in [2.45, 2.75) is 32.1 Å². The van der Waals surface area contributed by atoms with Gasteiger partial charge in [-0.3, -0.25) is 14.9 Å². The van der Waals surface area contributed by atoms with Crippen molar-refractivity contribution >= 4 is 33.1 Å². The molecule has 1 aromatic rings. The van der Waals surface area contributed by atoms with Crippen LogP contribution in [0.4, 0.5) is 5.69 Å². The summed E-state index contributed by atoms with van der Waals surface area (Å²) in [7, 11) is -3.55. The number of halogens is 1. The second-order valence-electron chi connectivity index (χ2n) is 4.66. The van der Waals surface area contributed by atoms with Gasteiger partial charge in [-0.05, 0) is 25.0 Å². The van der Waals surface area contributed by atoms with E-state index in [9.17, 15) is 23.3 Å². The number of rotatable bonds is 7. The molecule has 0 fully saturated rings. The summed E-state index contributed by atoms with van der Waals surface area (Å²) < 4.78 is 28.4. The lowest BCUT2D eigenvalue weighted by atomic mass is 10.2. The Morgan fingerprint density at radius 1 is 1.45 bits per heavy atom. The molecule has 0 aliphatic rings. The van der Waals surface area contributed by atoms with Gasteiger partial charge < -0.3 is 4.74 Å². The summed E-state index contributed by atoms with van der Waals surface area (Å²) in [6, 6.07) is 3.97. The molecule has 7 nitrogen and oxygen atoms in total. The average molecular weight is 350 g/mol. The van der Waals surface area contributed by atoms with E-state index < -0.39 is 26.0 Å². The monoisotopic (exact) mass is 349 g/mol. The van der Waals surface area contributed by atoms with Crippen LogP contribution in [0.3, 0.4) is 0 Å². The van der Waals surface area contributed by atoms with Crippen molar-refractivity contribution in [3.05, 3.63) is 38.9 Å². The van der Waals surface area contributed by atoms with Crippen molar-refractivity contribution in [2.24, 2.45) is 0 Å². The highest BCUT2D eigenvalue weighted by molar-refractivity contribution is 7.92. The minimum atomic E-state index is -3.55. The Kier molecular flexibility index (Phi) is 6.31. The number of benzene rings is 1. The van der Waals surface area contributed by atoms with Crippen LogP contribution in [0.2, 0.25) is 5.02 Å². The third-order valence-corrected chi connectivity index (χ3v) is 5.51. The van der Waals surface area contributed by atoms with E-state index in [1.165, 1.54) is 25.1 Å². The van der Waals surface area contributed by atoms with Crippen LogP contribution < -0.4 is 0 Å². The molecule has 0 radical (unpaired) electrons. The third kappa shape index (κ3) is 4.67. The predicted molar refractivity (Wildman–Crippen MR) is 81.4 cm³/mol.